The van der Waals surface area contributed by atoms with Crippen LogP contribution in [-0.2, 0) is 23.9 Å². The van der Waals surface area contributed by atoms with Crippen LogP contribution in [0.1, 0.15) is 46.0 Å². The lowest BCUT2D eigenvalue weighted by Crippen LogP contribution is -2.56. The maximum absolute atomic E-state index is 12.1. The number of rotatable bonds is 7. The molecular formula is C14H23NO5. The van der Waals surface area contributed by atoms with Gasteiger partial charge in [-0.15, -0.1) is 0 Å². The smallest absolute Gasteiger partial charge is 0.315 e. The fraction of sp³-hybridized carbons (Fsp3) is 0.786. The van der Waals surface area contributed by atoms with Crippen LogP contribution in [0.15, 0.2) is 0 Å². The Kier molecular flexibility index (Phi) is 5.98. The van der Waals surface area contributed by atoms with Gasteiger partial charge in [-0.25, -0.2) is 0 Å². The SMILES string of the molecule is CCOC(=O)CC(=O)N(C)C1(CC(=O)OCC)CCC1. The second kappa shape index (κ2) is 7.26. The molecule has 0 aromatic heterocycles. The summed E-state index contributed by atoms with van der Waals surface area (Å²) < 4.78 is 9.72. The van der Waals surface area contributed by atoms with Crippen molar-refractivity contribution in [3.8, 4) is 0 Å². The van der Waals surface area contributed by atoms with Gasteiger partial charge in [-0.05, 0) is 33.1 Å². The Morgan fingerprint density at radius 1 is 1.05 bits per heavy atom. The quantitative estimate of drug-likeness (QED) is 0.520. The molecule has 1 fully saturated rings. The van der Waals surface area contributed by atoms with Crippen LogP contribution in [0.25, 0.3) is 0 Å². The summed E-state index contributed by atoms with van der Waals surface area (Å²) in [6, 6.07) is 0. The molecule has 1 aliphatic carbocycles. The van der Waals surface area contributed by atoms with Crippen LogP contribution in [0, 0.1) is 0 Å². The molecule has 0 bridgehead atoms. The molecule has 0 aromatic carbocycles. The number of hydrogen-bond donors (Lipinski definition) is 0. The average Bonchev–Trinajstić information content (AvgIpc) is 2.33. The lowest BCUT2D eigenvalue weighted by atomic mass is 9.73. The third-order valence-electron chi connectivity index (χ3n) is 3.75. The molecule has 0 saturated heterocycles. The molecule has 20 heavy (non-hydrogen) atoms. The maximum atomic E-state index is 12.1. The highest BCUT2D eigenvalue weighted by molar-refractivity contribution is 5.94. The van der Waals surface area contributed by atoms with Crippen molar-refractivity contribution < 1.29 is 23.9 Å². The second-order valence-electron chi connectivity index (χ2n) is 4.99. The van der Waals surface area contributed by atoms with Crippen LogP contribution < -0.4 is 0 Å². The Labute approximate surface area is 119 Å². The van der Waals surface area contributed by atoms with Gasteiger partial charge in [-0.1, -0.05) is 0 Å². The molecule has 0 unspecified atom stereocenters. The predicted octanol–water partition coefficient (Wildman–Crippen LogP) is 1.27. The van der Waals surface area contributed by atoms with Gasteiger partial charge in [0.2, 0.25) is 5.91 Å². The summed E-state index contributed by atoms with van der Waals surface area (Å²) in [6.07, 6.45) is 2.39. The summed E-state index contributed by atoms with van der Waals surface area (Å²) in [4.78, 5) is 36.6. The van der Waals surface area contributed by atoms with E-state index in [2.05, 4.69) is 0 Å². The molecule has 0 N–H and O–H groups in total. The number of hydrogen-bond acceptors (Lipinski definition) is 5. The van der Waals surface area contributed by atoms with E-state index in [0.717, 1.165) is 19.3 Å². The van der Waals surface area contributed by atoms with E-state index in [4.69, 9.17) is 9.47 Å². The molecular weight excluding hydrogens is 262 g/mol. The molecule has 0 aliphatic heterocycles. The topological polar surface area (TPSA) is 72.9 Å². The van der Waals surface area contributed by atoms with E-state index in [1.807, 2.05) is 0 Å². The van der Waals surface area contributed by atoms with Gasteiger partial charge < -0.3 is 14.4 Å². The first kappa shape index (κ1) is 16.5. The molecule has 114 valence electrons. The number of nitrogens with zero attached hydrogens (tertiary/aromatic N) is 1. The van der Waals surface area contributed by atoms with Crippen molar-refractivity contribution in [2.45, 2.75) is 51.5 Å². The first-order valence-electron chi connectivity index (χ1n) is 7.03. The van der Waals surface area contributed by atoms with Gasteiger partial charge in [-0.2, -0.15) is 0 Å². The molecule has 0 heterocycles. The molecule has 0 aromatic rings. The third kappa shape index (κ3) is 3.95. The average molecular weight is 285 g/mol. The molecule has 1 amide bonds. The molecule has 0 atom stereocenters. The van der Waals surface area contributed by atoms with Crippen LogP contribution >= 0.6 is 0 Å². The van der Waals surface area contributed by atoms with Crippen molar-refractivity contribution in [3.05, 3.63) is 0 Å². The zero-order chi connectivity index (χ0) is 15.2. The fourth-order valence-electron chi connectivity index (χ4n) is 2.41. The van der Waals surface area contributed by atoms with Crippen molar-refractivity contribution in [2.24, 2.45) is 0 Å². The summed E-state index contributed by atoms with van der Waals surface area (Å²) in [7, 11) is 1.64. The van der Waals surface area contributed by atoms with Crippen molar-refractivity contribution in [1.29, 1.82) is 0 Å². The Bertz CT molecular complexity index is 376. The second-order valence-corrected chi connectivity index (χ2v) is 4.99. The molecule has 6 heteroatoms. The van der Waals surface area contributed by atoms with Gasteiger partial charge >= 0.3 is 11.9 Å². The Morgan fingerprint density at radius 3 is 2.05 bits per heavy atom. The van der Waals surface area contributed by atoms with E-state index in [1.165, 1.54) is 4.90 Å². The first-order chi connectivity index (χ1) is 9.45. The minimum atomic E-state index is -0.532. The van der Waals surface area contributed by atoms with E-state index in [-0.39, 0.29) is 31.3 Å². The number of carbonyl (C=O) groups excluding carboxylic acids is 3. The molecule has 1 rings (SSSR count). The van der Waals surface area contributed by atoms with Gasteiger partial charge in [0.25, 0.3) is 0 Å². The molecule has 6 nitrogen and oxygen atoms in total. The monoisotopic (exact) mass is 285 g/mol. The molecule has 1 saturated carbocycles. The van der Waals surface area contributed by atoms with Crippen LogP contribution in [0.5, 0.6) is 0 Å². The van der Waals surface area contributed by atoms with Crippen molar-refractivity contribution in [2.75, 3.05) is 20.3 Å². The summed E-state index contributed by atoms with van der Waals surface area (Å²) in [5, 5.41) is 0. The lowest BCUT2D eigenvalue weighted by Gasteiger charge is -2.48. The Morgan fingerprint density at radius 2 is 1.60 bits per heavy atom. The highest BCUT2D eigenvalue weighted by Crippen LogP contribution is 2.40. The van der Waals surface area contributed by atoms with Crippen molar-refractivity contribution in [3.63, 3.8) is 0 Å². The Hall–Kier alpha value is -1.59. The first-order valence-corrected chi connectivity index (χ1v) is 7.03. The van der Waals surface area contributed by atoms with Gasteiger partial charge in [0.05, 0.1) is 25.2 Å². The summed E-state index contributed by atoms with van der Waals surface area (Å²) in [6.45, 7) is 4.03. The van der Waals surface area contributed by atoms with Crippen LogP contribution in [0.2, 0.25) is 0 Å². The summed E-state index contributed by atoms with van der Waals surface area (Å²) in [5.41, 5.74) is -0.490. The third-order valence-corrected chi connectivity index (χ3v) is 3.75. The predicted molar refractivity (Wildman–Crippen MR) is 71.9 cm³/mol. The van der Waals surface area contributed by atoms with E-state index in [0.29, 0.717) is 6.61 Å². The van der Waals surface area contributed by atoms with Crippen LogP contribution in [0.3, 0.4) is 0 Å². The largest absolute Gasteiger partial charge is 0.466 e. The zero-order valence-electron chi connectivity index (χ0n) is 12.4. The summed E-state index contributed by atoms with van der Waals surface area (Å²) >= 11 is 0. The normalized spacial score (nSPS) is 15.9. The van der Waals surface area contributed by atoms with Crippen molar-refractivity contribution >= 4 is 17.8 Å². The highest BCUT2D eigenvalue weighted by Gasteiger charge is 2.45. The van der Waals surface area contributed by atoms with E-state index >= 15 is 0 Å². The van der Waals surface area contributed by atoms with Crippen LogP contribution in [0.4, 0.5) is 0 Å². The minimum Gasteiger partial charge on any atom is -0.466 e. The van der Waals surface area contributed by atoms with Gasteiger partial charge in [0.15, 0.2) is 0 Å². The molecule has 0 spiro atoms. The minimum absolute atomic E-state index is 0.186. The van der Waals surface area contributed by atoms with Gasteiger partial charge in [0, 0.05) is 7.05 Å². The van der Waals surface area contributed by atoms with E-state index in [9.17, 15) is 14.4 Å². The van der Waals surface area contributed by atoms with Gasteiger partial charge in [-0.3, -0.25) is 14.4 Å². The van der Waals surface area contributed by atoms with Crippen molar-refractivity contribution in [1.82, 2.24) is 4.90 Å². The van der Waals surface area contributed by atoms with Crippen LogP contribution in [-0.4, -0.2) is 48.5 Å². The lowest BCUT2D eigenvalue weighted by molar-refractivity contribution is -0.155. The molecule has 1 aliphatic rings. The maximum Gasteiger partial charge on any atom is 0.315 e. The fourth-order valence-corrected chi connectivity index (χ4v) is 2.41. The Balaban J connectivity index is 2.61. The number of esters is 2. The highest BCUT2D eigenvalue weighted by atomic mass is 16.5. The van der Waals surface area contributed by atoms with Gasteiger partial charge in [0.1, 0.15) is 6.42 Å². The number of ether oxygens (including phenoxy) is 2. The van der Waals surface area contributed by atoms with E-state index < -0.39 is 11.5 Å². The standard InChI is InChI=1S/C14H23NO5/c1-4-19-12(17)9-11(16)15(3)14(7-6-8-14)10-13(18)20-5-2/h4-10H2,1-3H3. The number of amides is 1. The van der Waals surface area contributed by atoms with E-state index in [1.54, 1.807) is 20.9 Å². The zero-order valence-corrected chi connectivity index (χ0v) is 12.4. The number of carbonyl (C=O) groups is 3. The summed E-state index contributed by atoms with van der Waals surface area (Å²) in [5.74, 6) is -1.15. The molecule has 0 radical (unpaired) electrons.